The van der Waals surface area contributed by atoms with E-state index in [0.717, 1.165) is 18.0 Å². The van der Waals surface area contributed by atoms with Crippen LogP contribution in [0.5, 0.6) is 5.75 Å². The van der Waals surface area contributed by atoms with E-state index < -0.39 is 0 Å². The number of nitrogens with zero attached hydrogens (tertiary/aromatic N) is 1. The number of thiazole rings is 1. The molecule has 0 fully saturated rings. The molecule has 19 heavy (non-hydrogen) atoms. The molecule has 4 heteroatoms. The maximum Gasteiger partial charge on any atom is 0.142 e. The van der Waals surface area contributed by atoms with Crippen LogP contribution in [0.15, 0.2) is 36.0 Å². The summed E-state index contributed by atoms with van der Waals surface area (Å²) in [5, 5.41) is 3.48. The van der Waals surface area contributed by atoms with Gasteiger partial charge in [0.05, 0.1) is 23.8 Å². The molecular weight excluding hydrogens is 256 g/mol. The molecule has 1 aromatic heterocycles. The van der Waals surface area contributed by atoms with Gasteiger partial charge in [-0.25, -0.2) is 0 Å². The van der Waals surface area contributed by atoms with Crippen molar-refractivity contribution < 1.29 is 4.74 Å². The third-order valence-corrected chi connectivity index (χ3v) is 3.67. The lowest BCUT2D eigenvalue weighted by Crippen LogP contribution is -2.09. The second-order valence-corrected chi connectivity index (χ2v) is 5.89. The molecule has 1 aromatic carbocycles. The number of para-hydroxylation sites is 2. The van der Waals surface area contributed by atoms with Crippen LogP contribution in [0.1, 0.15) is 31.7 Å². The van der Waals surface area contributed by atoms with E-state index in [0.29, 0.717) is 5.92 Å². The Hall–Kier alpha value is -1.55. The van der Waals surface area contributed by atoms with Crippen LogP contribution in [0, 0.1) is 5.92 Å². The number of hydrogen-bond donors (Lipinski definition) is 1. The highest BCUT2D eigenvalue weighted by Gasteiger charge is 2.10. The van der Waals surface area contributed by atoms with Gasteiger partial charge in [-0.05, 0) is 25.0 Å². The van der Waals surface area contributed by atoms with Crippen molar-refractivity contribution in [1.82, 2.24) is 4.98 Å². The van der Waals surface area contributed by atoms with Gasteiger partial charge < -0.3 is 10.1 Å². The second kappa shape index (κ2) is 6.57. The molecule has 0 aliphatic carbocycles. The van der Waals surface area contributed by atoms with Crippen LogP contribution >= 0.6 is 11.3 Å². The highest BCUT2D eigenvalue weighted by Crippen LogP contribution is 2.29. The van der Waals surface area contributed by atoms with E-state index in [2.05, 4.69) is 31.1 Å². The molecule has 0 saturated heterocycles. The molecule has 0 bridgehead atoms. The van der Waals surface area contributed by atoms with Gasteiger partial charge in [0.25, 0.3) is 0 Å². The molecule has 0 spiro atoms. The van der Waals surface area contributed by atoms with Crippen LogP contribution in [0.2, 0.25) is 0 Å². The summed E-state index contributed by atoms with van der Waals surface area (Å²) in [5.41, 5.74) is 2.89. The number of anilines is 1. The quantitative estimate of drug-likeness (QED) is 0.851. The lowest BCUT2D eigenvalue weighted by atomic mass is 10.2. The Balaban J connectivity index is 2.07. The summed E-state index contributed by atoms with van der Waals surface area (Å²) in [5.74, 6) is 1.43. The van der Waals surface area contributed by atoms with Gasteiger partial charge in [0, 0.05) is 11.1 Å². The average Bonchev–Trinajstić information content (AvgIpc) is 2.91. The van der Waals surface area contributed by atoms with Crippen molar-refractivity contribution in [3.05, 3.63) is 40.8 Å². The summed E-state index contributed by atoms with van der Waals surface area (Å²) in [4.78, 5) is 5.34. The molecule has 0 aliphatic rings. The first kappa shape index (κ1) is 13.9. The molecule has 3 nitrogen and oxygen atoms in total. The molecule has 0 amide bonds. The van der Waals surface area contributed by atoms with Crippen LogP contribution < -0.4 is 10.1 Å². The fourth-order valence-corrected chi connectivity index (χ4v) is 2.34. The van der Waals surface area contributed by atoms with Gasteiger partial charge in [0.2, 0.25) is 0 Å². The van der Waals surface area contributed by atoms with Crippen molar-refractivity contribution in [2.45, 2.75) is 26.8 Å². The van der Waals surface area contributed by atoms with Gasteiger partial charge in [-0.15, -0.1) is 11.3 Å². The summed E-state index contributed by atoms with van der Waals surface area (Å²) in [6, 6.07) is 8.30. The van der Waals surface area contributed by atoms with Crippen molar-refractivity contribution in [2.75, 3.05) is 11.9 Å². The summed E-state index contributed by atoms with van der Waals surface area (Å²) in [6.45, 7) is 7.16. The van der Waals surface area contributed by atoms with Crippen molar-refractivity contribution in [1.29, 1.82) is 0 Å². The van der Waals surface area contributed by atoms with Gasteiger partial charge in [-0.1, -0.05) is 26.0 Å². The monoisotopic (exact) mass is 276 g/mol. The normalized spacial score (nSPS) is 12.4. The zero-order chi connectivity index (χ0) is 13.7. The predicted molar refractivity (Wildman–Crippen MR) is 80.9 cm³/mol. The molecule has 2 aromatic rings. The second-order valence-electron chi connectivity index (χ2n) is 4.97. The molecule has 1 N–H and O–H groups in total. The maximum atomic E-state index is 5.84. The van der Waals surface area contributed by atoms with Crippen LogP contribution in [-0.2, 0) is 0 Å². The zero-order valence-corrected chi connectivity index (χ0v) is 12.4. The third-order valence-electron chi connectivity index (χ3n) is 2.71. The van der Waals surface area contributed by atoms with Gasteiger partial charge in [-0.3, -0.25) is 4.98 Å². The van der Waals surface area contributed by atoms with Crippen molar-refractivity contribution in [3.8, 4) is 5.75 Å². The SMILES string of the molecule is CC(C)COc1ccccc1NC(C)c1cncs1. The van der Waals surface area contributed by atoms with Crippen LogP contribution in [0.25, 0.3) is 0 Å². The van der Waals surface area contributed by atoms with E-state index >= 15 is 0 Å². The fourth-order valence-electron chi connectivity index (χ4n) is 1.71. The minimum atomic E-state index is 0.233. The third kappa shape index (κ3) is 3.96. The summed E-state index contributed by atoms with van der Waals surface area (Å²) < 4.78 is 5.84. The number of ether oxygens (including phenoxy) is 1. The van der Waals surface area contributed by atoms with E-state index in [9.17, 15) is 0 Å². The zero-order valence-electron chi connectivity index (χ0n) is 11.6. The molecule has 1 heterocycles. The average molecular weight is 276 g/mol. The molecule has 1 atom stereocenters. The minimum Gasteiger partial charge on any atom is -0.491 e. The van der Waals surface area contributed by atoms with Crippen LogP contribution in [-0.4, -0.2) is 11.6 Å². The minimum absolute atomic E-state index is 0.233. The number of hydrogen-bond acceptors (Lipinski definition) is 4. The lowest BCUT2D eigenvalue weighted by molar-refractivity contribution is 0.272. The lowest BCUT2D eigenvalue weighted by Gasteiger charge is -2.18. The molecule has 0 saturated carbocycles. The van der Waals surface area contributed by atoms with Gasteiger partial charge in [0.1, 0.15) is 5.75 Å². The van der Waals surface area contributed by atoms with E-state index in [1.54, 1.807) is 11.3 Å². The predicted octanol–water partition coefficient (Wildman–Crippen LogP) is 4.35. The van der Waals surface area contributed by atoms with E-state index in [1.807, 2.05) is 36.0 Å². The Morgan fingerprint density at radius 1 is 1.26 bits per heavy atom. The summed E-state index contributed by atoms with van der Waals surface area (Å²) >= 11 is 1.66. The van der Waals surface area contributed by atoms with Crippen molar-refractivity contribution >= 4 is 17.0 Å². The number of aromatic nitrogens is 1. The Morgan fingerprint density at radius 2 is 2.05 bits per heavy atom. The number of nitrogens with one attached hydrogen (secondary N) is 1. The molecule has 102 valence electrons. The molecular formula is C15H20N2OS. The largest absolute Gasteiger partial charge is 0.491 e. The first-order valence-electron chi connectivity index (χ1n) is 6.53. The van der Waals surface area contributed by atoms with Crippen LogP contribution in [0.4, 0.5) is 5.69 Å². The van der Waals surface area contributed by atoms with Gasteiger partial charge >= 0.3 is 0 Å². The Kier molecular flexibility index (Phi) is 4.80. The molecule has 0 aliphatic heterocycles. The van der Waals surface area contributed by atoms with Crippen molar-refractivity contribution in [3.63, 3.8) is 0 Å². The topological polar surface area (TPSA) is 34.1 Å². The maximum absolute atomic E-state index is 5.84. The fraction of sp³-hybridized carbons (Fsp3) is 0.400. The molecule has 1 unspecified atom stereocenters. The molecule has 2 rings (SSSR count). The number of benzene rings is 1. The van der Waals surface area contributed by atoms with E-state index in [4.69, 9.17) is 4.74 Å². The first-order valence-corrected chi connectivity index (χ1v) is 7.41. The standard InChI is InChI=1S/C15H20N2OS/c1-11(2)9-18-14-7-5-4-6-13(14)17-12(3)15-8-16-10-19-15/h4-8,10-12,17H,9H2,1-3H3. The van der Waals surface area contributed by atoms with Gasteiger partial charge in [-0.2, -0.15) is 0 Å². The smallest absolute Gasteiger partial charge is 0.142 e. The Labute approximate surface area is 118 Å². The Bertz CT molecular complexity index is 497. The Morgan fingerprint density at radius 3 is 2.74 bits per heavy atom. The van der Waals surface area contributed by atoms with Crippen LogP contribution in [0.3, 0.4) is 0 Å². The first-order chi connectivity index (χ1) is 9.16. The highest BCUT2D eigenvalue weighted by molar-refractivity contribution is 7.09. The molecule has 0 radical (unpaired) electrons. The highest BCUT2D eigenvalue weighted by atomic mass is 32.1. The van der Waals surface area contributed by atoms with E-state index in [-0.39, 0.29) is 6.04 Å². The number of rotatable bonds is 6. The van der Waals surface area contributed by atoms with E-state index in [1.165, 1.54) is 4.88 Å². The van der Waals surface area contributed by atoms with Crippen molar-refractivity contribution in [2.24, 2.45) is 5.92 Å². The summed E-state index contributed by atoms with van der Waals surface area (Å²) in [7, 11) is 0. The van der Waals surface area contributed by atoms with Gasteiger partial charge in [0.15, 0.2) is 0 Å². The summed E-state index contributed by atoms with van der Waals surface area (Å²) in [6.07, 6.45) is 1.90.